The average molecular weight is 275 g/mol. The third-order valence-electron chi connectivity index (χ3n) is 2.28. The van der Waals surface area contributed by atoms with Crippen molar-refractivity contribution >= 4 is 11.9 Å². The smallest absolute Gasteiger partial charge is 0.419 e. The molecular formula is C12H12F3NO3. The van der Waals surface area contributed by atoms with Gasteiger partial charge < -0.3 is 10.1 Å². The summed E-state index contributed by atoms with van der Waals surface area (Å²) in [4.78, 5) is 22.5. The molecule has 1 rings (SSSR count). The van der Waals surface area contributed by atoms with E-state index in [2.05, 4.69) is 4.74 Å². The van der Waals surface area contributed by atoms with Crippen LogP contribution < -0.4 is 5.32 Å². The first-order valence-electron chi connectivity index (χ1n) is 5.32. The van der Waals surface area contributed by atoms with E-state index >= 15 is 0 Å². The molecule has 1 aromatic carbocycles. The molecule has 0 spiro atoms. The Morgan fingerprint density at radius 1 is 1.26 bits per heavy atom. The molecule has 1 atom stereocenters. The monoisotopic (exact) mass is 275 g/mol. The van der Waals surface area contributed by atoms with Crippen molar-refractivity contribution in [1.29, 1.82) is 0 Å². The summed E-state index contributed by atoms with van der Waals surface area (Å²) in [6.45, 7) is 0. The van der Waals surface area contributed by atoms with E-state index < -0.39 is 24.1 Å². The number of nitrogens with one attached hydrogen (secondary N) is 1. The first-order valence-corrected chi connectivity index (χ1v) is 5.32. The van der Waals surface area contributed by atoms with E-state index in [1.54, 1.807) is 35.6 Å². The number of esters is 1. The standard InChI is InChI=1S/C12H12F3NO3/c1-19-11(18)10(12(13,14)15)16-9(17)7-8-5-3-2-4-6-8/h2-6,10H,7H2,1H3,(H,16,17)/t10-/m1/s1. The van der Waals surface area contributed by atoms with Gasteiger partial charge in [-0.1, -0.05) is 30.3 Å². The number of benzene rings is 1. The van der Waals surface area contributed by atoms with Crippen molar-refractivity contribution in [2.45, 2.75) is 18.6 Å². The summed E-state index contributed by atoms with van der Waals surface area (Å²) in [5.41, 5.74) is 0.547. The third kappa shape index (κ3) is 4.61. The minimum absolute atomic E-state index is 0.246. The van der Waals surface area contributed by atoms with Gasteiger partial charge in [-0.3, -0.25) is 4.79 Å². The van der Waals surface area contributed by atoms with E-state index in [0.717, 1.165) is 7.11 Å². The van der Waals surface area contributed by atoms with Crippen LogP contribution in [0.3, 0.4) is 0 Å². The molecule has 104 valence electrons. The molecule has 4 nitrogen and oxygen atoms in total. The maximum Gasteiger partial charge on any atom is 0.419 e. The molecule has 19 heavy (non-hydrogen) atoms. The normalized spacial score (nSPS) is 12.6. The SMILES string of the molecule is COC(=O)[C@@H](NC(=O)Cc1ccccc1)C(F)(F)F. The summed E-state index contributed by atoms with van der Waals surface area (Å²) in [6, 6.07) is 5.58. The predicted molar refractivity (Wildman–Crippen MR) is 60.1 cm³/mol. The maximum atomic E-state index is 12.5. The van der Waals surface area contributed by atoms with Gasteiger partial charge in [-0.15, -0.1) is 0 Å². The van der Waals surface area contributed by atoms with E-state index in [0.29, 0.717) is 5.56 Å². The van der Waals surface area contributed by atoms with Crippen molar-refractivity contribution in [3.63, 3.8) is 0 Å². The number of hydrogen-bond donors (Lipinski definition) is 1. The molecule has 0 fully saturated rings. The van der Waals surface area contributed by atoms with E-state index in [-0.39, 0.29) is 6.42 Å². The van der Waals surface area contributed by atoms with Crippen molar-refractivity contribution < 1.29 is 27.5 Å². The molecule has 1 N–H and O–H groups in total. The van der Waals surface area contributed by atoms with Crippen LogP contribution in [0.15, 0.2) is 30.3 Å². The quantitative estimate of drug-likeness (QED) is 0.846. The highest BCUT2D eigenvalue weighted by Gasteiger charge is 2.46. The van der Waals surface area contributed by atoms with Gasteiger partial charge in [-0.05, 0) is 5.56 Å². The highest BCUT2D eigenvalue weighted by atomic mass is 19.4. The number of halogens is 3. The van der Waals surface area contributed by atoms with Gasteiger partial charge in [0.15, 0.2) is 0 Å². The van der Waals surface area contributed by atoms with Gasteiger partial charge in [0.05, 0.1) is 13.5 Å². The summed E-state index contributed by atoms with van der Waals surface area (Å²) in [7, 11) is 0.824. The van der Waals surface area contributed by atoms with Gasteiger partial charge in [0.25, 0.3) is 0 Å². The van der Waals surface area contributed by atoms with Crippen molar-refractivity contribution in [2.75, 3.05) is 7.11 Å². The predicted octanol–water partition coefficient (Wildman–Crippen LogP) is 1.45. The number of ether oxygens (including phenoxy) is 1. The van der Waals surface area contributed by atoms with E-state index in [4.69, 9.17) is 0 Å². The number of alkyl halides is 3. The summed E-state index contributed by atoms with van der Waals surface area (Å²) in [5, 5.41) is 1.62. The molecule has 0 bridgehead atoms. The second-order valence-electron chi connectivity index (χ2n) is 3.73. The van der Waals surface area contributed by atoms with Crippen LogP contribution in [0.4, 0.5) is 13.2 Å². The summed E-state index contributed by atoms with van der Waals surface area (Å²) in [5.74, 6) is -2.45. The topological polar surface area (TPSA) is 55.4 Å². The van der Waals surface area contributed by atoms with Crippen molar-refractivity contribution in [3.05, 3.63) is 35.9 Å². The zero-order valence-corrected chi connectivity index (χ0v) is 10.0. The Balaban J connectivity index is 2.70. The Kier molecular flexibility index (Phi) is 4.91. The molecule has 0 aromatic heterocycles. The molecule has 0 radical (unpaired) electrons. The van der Waals surface area contributed by atoms with E-state index in [1.165, 1.54) is 0 Å². The second-order valence-corrected chi connectivity index (χ2v) is 3.73. The Hall–Kier alpha value is -2.05. The Morgan fingerprint density at radius 3 is 2.32 bits per heavy atom. The van der Waals surface area contributed by atoms with Crippen LogP contribution in [0, 0.1) is 0 Å². The molecule has 0 aliphatic heterocycles. The minimum Gasteiger partial charge on any atom is -0.467 e. The van der Waals surface area contributed by atoms with Crippen LogP contribution in [0.5, 0.6) is 0 Å². The molecule has 0 aliphatic rings. The fourth-order valence-electron chi connectivity index (χ4n) is 1.39. The zero-order valence-electron chi connectivity index (χ0n) is 10.0. The number of carbonyl (C=O) groups excluding carboxylic acids is 2. The molecule has 0 aliphatic carbocycles. The van der Waals surface area contributed by atoms with Crippen LogP contribution in [0.2, 0.25) is 0 Å². The zero-order chi connectivity index (χ0) is 14.5. The van der Waals surface area contributed by atoms with Crippen LogP contribution in [-0.2, 0) is 20.7 Å². The molecule has 0 saturated carbocycles. The fraction of sp³-hybridized carbons (Fsp3) is 0.333. The fourth-order valence-corrected chi connectivity index (χ4v) is 1.39. The number of amides is 1. The Bertz CT molecular complexity index is 445. The average Bonchev–Trinajstić information content (AvgIpc) is 2.35. The van der Waals surface area contributed by atoms with Crippen LogP contribution in [0.25, 0.3) is 0 Å². The van der Waals surface area contributed by atoms with E-state index in [1.807, 2.05) is 0 Å². The van der Waals surface area contributed by atoms with Crippen molar-refractivity contribution in [1.82, 2.24) is 5.32 Å². The van der Waals surface area contributed by atoms with Crippen molar-refractivity contribution in [3.8, 4) is 0 Å². The number of rotatable bonds is 4. The van der Waals surface area contributed by atoms with Crippen LogP contribution in [0.1, 0.15) is 5.56 Å². The third-order valence-corrected chi connectivity index (χ3v) is 2.28. The summed E-state index contributed by atoms with van der Waals surface area (Å²) in [6.07, 6.45) is -5.14. The lowest BCUT2D eigenvalue weighted by atomic mass is 10.1. The lowest BCUT2D eigenvalue weighted by molar-refractivity contribution is -0.184. The molecular weight excluding hydrogens is 263 g/mol. The summed E-state index contributed by atoms with van der Waals surface area (Å²) < 4.78 is 41.6. The van der Waals surface area contributed by atoms with Crippen LogP contribution >= 0.6 is 0 Å². The first kappa shape index (κ1) is 15.0. The maximum absolute atomic E-state index is 12.5. The highest BCUT2D eigenvalue weighted by Crippen LogP contribution is 2.21. The van der Waals surface area contributed by atoms with Crippen LogP contribution in [-0.4, -0.2) is 31.2 Å². The van der Waals surface area contributed by atoms with Gasteiger partial charge in [-0.2, -0.15) is 13.2 Å². The van der Waals surface area contributed by atoms with Gasteiger partial charge in [0.1, 0.15) is 0 Å². The molecule has 0 unspecified atom stereocenters. The summed E-state index contributed by atoms with van der Waals surface area (Å²) >= 11 is 0. The van der Waals surface area contributed by atoms with Gasteiger partial charge in [0.2, 0.25) is 11.9 Å². The second kappa shape index (κ2) is 6.21. The van der Waals surface area contributed by atoms with Gasteiger partial charge in [-0.25, -0.2) is 4.79 Å². The lowest BCUT2D eigenvalue weighted by Gasteiger charge is -2.19. The first-order chi connectivity index (χ1) is 8.84. The Labute approximate surface area is 107 Å². The number of methoxy groups -OCH3 is 1. The highest BCUT2D eigenvalue weighted by molar-refractivity contribution is 5.86. The molecule has 1 amide bonds. The number of carbonyl (C=O) groups is 2. The molecule has 7 heteroatoms. The molecule has 0 heterocycles. The number of hydrogen-bond acceptors (Lipinski definition) is 3. The van der Waals surface area contributed by atoms with Gasteiger partial charge >= 0.3 is 12.1 Å². The minimum atomic E-state index is -4.89. The largest absolute Gasteiger partial charge is 0.467 e. The van der Waals surface area contributed by atoms with E-state index in [9.17, 15) is 22.8 Å². The molecule has 0 saturated heterocycles. The van der Waals surface area contributed by atoms with Crippen molar-refractivity contribution in [2.24, 2.45) is 0 Å². The molecule has 1 aromatic rings. The Morgan fingerprint density at radius 2 is 1.84 bits per heavy atom. The lowest BCUT2D eigenvalue weighted by Crippen LogP contribution is -2.51. The van der Waals surface area contributed by atoms with Gasteiger partial charge in [0, 0.05) is 0 Å².